The average Bonchev–Trinajstić information content (AvgIpc) is 2.03. The van der Waals surface area contributed by atoms with Crippen LogP contribution in [-0.4, -0.2) is 11.7 Å². The molecule has 1 aromatic rings. The summed E-state index contributed by atoms with van der Waals surface area (Å²) in [7, 11) is 0. The van der Waals surface area contributed by atoms with E-state index in [1.807, 2.05) is 6.07 Å². The Kier molecular flexibility index (Phi) is 2.49. The molecule has 2 rings (SSSR count). The van der Waals surface area contributed by atoms with Crippen LogP contribution in [0.15, 0.2) is 16.6 Å². The zero-order valence-corrected chi connectivity index (χ0v) is 9.19. The second kappa shape index (κ2) is 3.48. The molecule has 0 spiro atoms. The smallest absolute Gasteiger partial charge is 0.136 e. The van der Waals surface area contributed by atoms with Gasteiger partial charge in [-0.25, -0.2) is 0 Å². The number of aromatic hydroxyl groups is 1. The highest BCUT2D eigenvalue weighted by Crippen LogP contribution is 2.39. The average molecular weight is 263 g/mol. The summed E-state index contributed by atoms with van der Waals surface area (Å²) in [5, 5.41) is 13.5. The lowest BCUT2D eigenvalue weighted by Crippen LogP contribution is -2.34. The first kappa shape index (κ1) is 9.31. The Morgan fingerprint density at radius 3 is 2.77 bits per heavy atom. The first-order valence-electron chi connectivity index (χ1n) is 4.10. The quantitative estimate of drug-likeness (QED) is 0.816. The monoisotopic (exact) mass is 261 g/mol. The standard InChI is InChI=1S/C9H9BrClNO/c10-8-6(11)2-1-5(9(8)13)7-3-4-12-7/h1-2,7,12-13H,3-4H2/t7-/m0/s1. The van der Waals surface area contributed by atoms with Crippen molar-refractivity contribution in [1.82, 2.24) is 5.32 Å². The summed E-state index contributed by atoms with van der Waals surface area (Å²) in [6, 6.07) is 3.94. The normalized spacial score (nSPS) is 21.2. The van der Waals surface area contributed by atoms with Gasteiger partial charge >= 0.3 is 0 Å². The van der Waals surface area contributed by atoms with Crippen LogP contribution >= 0.6 is 27.5 Å². The molecule has 2 N–H and O–H groups in total. The summed E-state index contributed by atoms with van der Waals surface area (Å²) in [6.07, 6.45) is 1.07. The third-order valence-electron chi connectivity index (χ3n) is 2.30. The van der Waals surface area contributed by atoms with Crippen LogP contribution in [0.2, 0.25) is 5.02 Å². The van der Waals surface area contributed by atoms with E-state index >= 15 is 0 Å². The van der Waals surface area contributed by atoms with Crippen molar-refractivity contribution < 1.29 is 5.11 Å². The van der Waals surface area contributed by atoms with Crippen molar-refractivity contribution >= 4 is 27.5 Å². The fourth-order valence-corrected chi connectivity index (χ4v) is 1.90. The van der Waals surface area contributed by atoms with Gasteiger partial charge in [-0.1, -0.05) is 17.7 Å². The van der Waals surface area contributed by atoms with E-state index in [1.54, 1.807) is 6.07 Å². The summed E-state index contributed by atoms with van der Waals surface area (Å²) >= 11 is 9.07. The van der Waals surface area contributed by atoms with Gasteiger partial charge in [0.15, 0.2) is 0 Å². The molecule has 1 saturated heterocycles. The second-order valence-electron chi connectivity index (χ2n) is 3.09. The van der Waals surface area contributed by atoms with Crippen LogP contribution in [0.3, 0.4) is 0 Å². The Morgan fingerprint density at radius 1 is 1.54 bits per heavy atom. The summed E-state index contributed by atoms with van der Waals surface area (Å²) < 4.78 is 0.584. The Labute approximate surface area is 90.0 Å². The first-order valence-corrected chi connectivity index (χ1v) is 5.27. The zero-order valence-electron chi connectivity index (χ0n) is 6.85. The van der Waals surface area contributed by atoms with Crippen molar-refractivity contribution in [3.8, 4) is 5.75 Å². The molecule has 0 amide bonds. The van der Waals surface area contributed by atoms with Crippen LogP contribution in [0.1, 0.15) is 18.0 Å². The number of hydrogen-bond acceptors (Lipinski definition) is 2. The van der Waals surface area contributed by atoms with E-state index < -0.39 is 0 Å². The molecular formula is C9H9BrClNO. The molecule has 0 saturated carbocycles. The highest BCUT2D eigenvalue weighted by Gasteiger charge is 2.23. The number of halogens is 2. The van der Waals surface area contributed by atoms with E-state index in [2.05, 4.69) is 21.2 Å². The number of nitrogens with one attached hydrogen (secondary N) is 1. The minimum Gasteiger partial charge on any atom is -0.506 e. The third kappa shape index (κ3) is 1.56. The van der Waals surface area contributed by atoms with Crippen LogP contribution in [-0.2, 0) is 0 Å². The van der Waals surface area contributed by atoms with Crippen molar-refractivity contribution in [2.24, 2.45) is 0 Å². The van der Waals surface area contributed by atoms with E-state index in [-0.39, 0.29) is 11.8 Å². The van der Waals surface area contributed by atoms with Gasteiger partial charge in [0.25, 0.3) is 0 Å². The molecule has 1 heterocycles. The van der Waals surface area contributed by atoms with Gasteiger partial charge in [-0.15, -0.1) is 0 Å². The maximum atomic E-state index is 9.74. The molecule has 0 bridgehead atoms. The van der Waals surface area contributed by atoms with E-state index in [0.717, 1.165) is 18.5 Å². The molecule has 13 heavy (non-hydrogen) atoms. The maximum Gasteiger partial charge on any atom is 0.136 e. The molecule has 1 aromatic carbocycles. The number of phenols is 1. The topological polar surface area (TPSA) is 32.3 Å². The molecule has 1 fully saturated rings. The van der Waals surface area contributed by atoms with E-state index in [1.165, 1.54) is 0 Å². The molecule has 1 atom stereocenters. The van der Waals surface area contributed by atoms with Gasteiger partial charge in [0.05, 0.1) is 9.50 Å². The summed E-state index contributed by atoms with van der Waals surface area (Å²) in [6.45, 7) is 1.02. The molecule has 1 aliphatic heterocycles. The van der Waals surface area contributed by atoms with Gasteiger partial charge in [-0.3, -0.25) is 0 Å². The molecule has 0 unspecified atom stereocenters. The van der Waals surface area contributed by atoms with Crippen LogP contribution in [0, 0.1) is 0 Å². The van der Waals surface area contributed by atoms with Crippen LogP contribution in [0.25, 0.3) is 0 Å². The van der Waals surface area contributed by atoms with Gasteiger partial charge in [-0.2, -0.15) is 0 Å². The molecule has 0 aromatic heterocycles. The zero-order chi connectivity index (χ0) is 9.42. The Bertz CT molecular complexity index is 339. The van der Waals surface area contributed by atoms with E-state index in [0.29, 0.717) is 9.50 Å². The summed E-state index contributed by atoms with van der Waals surface area (Å²) in [5.74, 6) is 0.254. The Balaban J connectivity index is 2.41. The predicted molar refractivity (Wildman–Crippen MR) is 56.2 cm³/mol. The number of rotatable bonds is 1. The minimum absolute atomic E-state index is 0.254. The summed E-state index contributed by atoms with van der Waals surface area (Å²) in [4.78, 5) is 0. The van der Waals surface area contributed by atoms with Gasteiger partial charge < -0.3 is 10.4 Å². The lowest BCUT2D eigenvalue weighted by molar-refractivity contribution is 0.364. The largest absolute Gasteiger partial charge is 0.506 e. The minimum atomic E-state index is 0.254. The predicted octanol–water partition coefficient (Wildman–Crippen LogP) is 2.84. The Morgan fingerprint density at radius 2 is 2.23 bits per heavy atom. The number of hydrogen-bond donors (Lipinski definition) is 2. The lowest BCUT2D eigenvalue weighted by atomic mass is 9.97. The van der Waals surface area contributed by atoms with Gasteiger partial charge in [-0.05, 0) is 35.0 Å². The van der Waals surface area contributed by atoms with Crippen LogP contribution in [0.5, 0.6) is 5.75 Å². The van der Waals surface area contributed by atoms with Gasteiger partial charge in [0.1, 0.15) is 5.75 Å². The van der Waals surface area contributed by atoms with Gasteiger partial charge in [0, 0.05) is 11.6 Å². The maximum absolute atomic E-state index is 9.74. The van der Waals surface area contributed by atoms with E-state index in [9.17, 15) is 5.11 Å². The second-order valence-corrected chi connectivity index (χ2v) is 4.29. The van der Waals surface area contributed by atoms with Crippen molar-refractivity contribution in [2.75, 3.05) is 6.54 Å². The fraction of sp³-hybridized carbons (Fsp3) is 0.333. The Hall–Kier alpha value is -0.250. The first-order chi connectivity index (χ1) is 6.20. The van der Waals surface area contributed by atoms with Gasteiger partial charge in [0.2, 0.25) is 0 Å². The van der Waals surface area contributed by atoms with Crippen molar-refractivity contribution in [1.29, 1.82) is 0 Å². The van der Waals surface area contributed by atoms with E-state index in [4.69, 9.17) is 11.6 Å². The number of phenolic OH excluding ortho intramolecular Hbond substituents is 1. The van der Waals surface area contributed by atoms with Crippen LogP contribution < -0.4 is 5.32 Å². The lowest BCUT2D eigenvalue weighted by Gasteiger charge is -2.28. The molecule has 70 valence electrons. The highest BCUT2D eigenvalue weighted by molar-refractivity contribution is 9.10. The fourth-order valence-electron chi connectivity index (χ4n) is 1.39. The molecule has 4 heteroatoms. The SMILES string of the molecule is Oc1c([C@@H]2CCN2)ccc(Cl)c1Br. The van der Waals surface area contributed by atoms with Crippen LogP contribution in [0.4, 0.5) is 0 Å². The summed E-state index contributed by atoms with van der Waals surface area (Å²) in [5.41, 5.74) is 0.919. The van der Waals surface area contributed by atoms with Crippen molar-refractivity contribution in [2.45, 2.75) is 12.5 Å². The molecule has 1 aliphatic rings. The van der Waals surface area contributed by atoms with Crippen molar-refractivity contribution in [3.05, 3.63) is 27.2 Å². The molecule has 0 radical (unpaired) electrons. The third-order valence-corrected chi connectivity index (χ3v) is 3.65. The van der Waals surface area contributed by atoms with Crippen molar-refractivity contribution in [3.63, 3.8) is 0 Å². The number of benzene rings is 1. The molecule has 0 aliphatic carbocycles. The molecular weight excluding hydrogens is 253 g/mol. The highest BCUT2D eigenvalue weighted by atomic mass is 79.9. The molecule has 2 nitrogen and oxygen atoms in total.